The Morgan fingerprint density at radius 1 is 0.844 bits per heavy atom. The lowest BCUT2D eigenvalue weighted by Crippen LogP contribution is -2.29. The van der Waals surface area contributed by atoms with Gasteiger partial charge >= 0.3 is 5.97 Å². The molecule has 1 amide bonds. The number of carbonyl (C=O) groups is 3. The highest BCUT2D eigenvalue weighted by atomic mass is 16.5. The highest BCUT2D eigenvalue weighted by molar-refractivity contribution is 6.51. The van der Waals surface area contributed by atoms with Gasteiger partial charge in [-0.05, 0) is 42.0 Å². The second-order valence-corrected chi connectivity index (χ2v) is 7.16. The fraction of sp³-hybridized carbons (Fsp3) is 0.0800. The Hall–Kier alpha value is -4.39. The van der Waals surface area contributed by atoms with Gasteiger partial charge in [-0.2, -0.15) is 0 Å². The first-order valence-electron chi connectivity index (χ1n) is 9.76. The van der Waals surface area contributed by atoms with Gasteiger partial charge in [0.2, 0.25) is 0 Å². The first-order valence-corrected chi connectivity index (χ1v) is 9.76. The summed E-state index contributed by atoms with van der Waals surface area (Å²) in [4.78, 5) is 38.6. The van der Waals surface area contributed by atoms with Crippen LogP contribution in [0.3, 0.4) is 0 Å². The number of aliphatic hydroxyl groups is 1. The van der Waals surface area contributed by atoms with Crippen LogP contribution in [0.25, 0.3) is 5.76 Å². The van der Waals surface area contributed by atoms with Crippen LogP contribution in [0.5, 0.6) is 5.75 Å². The Bertz CT molecular complexity index is 1210. The lowest BCUT2D eigenvalue weighted by Gasteiger charge is -2.25. The number of rotatable bonds is 5. The molecule has 1 aliphatic rings. The van der Waals surface area contributed by atoms with Crippen molar-refractivity contribution >= 4 is 29.1 Å². The Morgan fingerprint density at radius 2 is 1.47 bits per heavy atom. The van der Waals surface area contributed by atoms with E-state index in [-0.39, 0.29) is 16.9 Å². The van der Waals surface area contributed by atoms with E-state index in [0.29, 0.717) is 22.6 Å². The first-order chi connectivity index (χ1) is 15.4. The second kappa shape index (κ2) is 8.39. The minimum Gasteiger partial charge on any atom is -0.507 e. The Kier molecular flexibility index (Phi) is 5.47. The number of aliphatic hydroxyl groups excluding tert-OH is 1. The second-order valence-electron chi connectivity index (χ2n) is 7.16. The van der Waals surface area contributed by atoms with E-state index in [2.05, 4.69) is 0 Å². The van der Waals surface area contributed by atoms with Crippen molar-refractivity contribution in [2.75, 3.05) is 12.0 Å². The van der Waals surface area contributed by atoms with Gasteiger partial charge in [0.25, 0.3) is 11.7 Å². The maximum atomic E-state index is 13.1. The number of carbonyl (C=O) groups excluding carboxylic acids is 2. The summed E-state index contributed by atoms with van der Waals surface area (Å²) in [6.07, 6.45) is 0. The van der Waals surface area contributed by atoms with Crippen LogP contribution < -0.4 is 9.64 Å². The molecule has 0 saturated carbocycles. The number of hydrogen-bond acceptors (Lipinski definition) is 5. The van der Waals surface area contributed by atoms with Crippen molar-refractivity contribution in [3.63, 3.8) is 0 Å². The summed E-state index contributed by atoms with van der Waals surface area (Å²) in [5, 5.41) is 20.2. The minimum atomic E-state index is -1.10. The summed E-state index contributed by atoms with van der Waals surface area (Å²) in [5.41, 5.74) is 1.34. The van der Waals surface area contributed by atoms with E-state index in [1.807, 2.05) is 0 Å². The molecule has 2 N–H and O–H groups in total. The third-order valence-corrected chi connectivity index (χ3v) is 5.32. The van der Waals surface area contributed by atoms with Crippen LogP contribution in [0.1, 0.15) is 27.5 Å². The highest BCUT2D eigenvalue weighted by Crippen LogP contribution is 2.42. The maximum absolute atomic E-state index is 13.1. The van der Waals surface area contributed by atoms with Crippen LogP contribution in [0, 0.1) is 0 Å². The van der Waals surface area contributed by atoms with E-state index < -0.39 is 23.7 Å². The molecule has 7 heteroatoms. The quantitative estimate of drug-likeness (QED) is 0.361. The number of amides is 1. The van der Waals surface area contributed by atoms with Gasteiger partial charge in [0, 0.05) is 11.3 Å². The SMILES string of the molecule is COc1ccc(C2C(=C(O)c3ccccc3)C(=O)C(=O)N2c2ccc(C(=O)O)cc2)cc1. The van der Waals surface area contributed by atoms with Crippen molar-refractivity contribution in [1.29, 1.82) is 0 Å². The van der Waals surface area contributed by atoms with Crippen molar-refractivity contribution in [1.82, 2.24) is 0 Å². The molecule has 4 rings (SSSR count). The predicted octanol–water partition coefficient (Wildman–Crippen LogP) is 4.02. The van der Waals surface area contributed by atoms with E-state index in [1.165, 1.54) is 36.3 Å². The summed E-state index contributed by atoms with van der Waals surface area (Å²) in [6.45, 7) is 0. The molecule has 1 fully saturated rings. The zero-order valence-corrected chi connectivity index (χ0v) is 17.1. The highest BCUT2D eigenvalue weighted by Gasteiger charge is 2.47. The molecule has 1 unspecified atom stereocenters. The maximum Gasteiger partial charge on any atom is 0.335 e. The summed E-state index contributed by atoms with van der Waals surface area (Å²) in [7, 11) is 1.53. The first kappa shape index (κ1) is 20.9. The van der Waals surface area contributed by atoms with Gasteiger partial charge in [-0.15, -0.1) is 0 Å². The number of methoxy groups -OCH3 is 1. The lowest BCUT2D eigenvalue weighted by molar-refractivity contribution is -0.132. The van der Waals surface area contributed by atoms with Gasteiger partial charge in [0.15, 0.2) is 0 Å². The number of benzene rings is 3. The molecule has 1 aliphatic heterocycles. The number of ketones is 1. The largest absolute Gasteiger partial charge is 0.507 e. The van der Waals surface area contributed by atoms with Crippen LogP contribution in [-0.4, -0.2) is 35.0 Å². The number of aromatic carboxylic acids is 1. The monoisotopic (exact) mass is 429 g/mol. The minimum absolute atomic E-state index is 0.0475. The molecule has 1 saturated heterocycles. The van der Waals surface area contributed by atoms with Gasteiger partial charge in [-0.3, -0.25) is 14.5 Å². The van der Waals surface area contributed by atoms with Crippen LogP contribution >= 0.6 is 0 Å². The van der Waals surface area contributed by atoms with Gasteiger partial charge in [0.05, 0.1) is 24.3 Å². The number of ether oxygens (including phenoxy) is 1. The van der Waals surface area contributed by atoms with Gasteiger partial charge in [-0.1, -0.05) is 42.5 Å². The van der Waals surface area contributed by atoms with E-state index in [9.17, 15) is 19.5 Å². The van der Waals surface area contributed by atoms with E-state index in [1.54, 1.807) is 54.6 Å². The summed E-state index contributed by atoms with van der Waals surface area (Å²) in [5.74, 6) is -2.43. The van der Waals surface area contributed by atoms with Gasteiger partial charge < -0.3 is 14.9 Å². The third-order valence-electron chi connectivity index (χ3n) is 5.32. The third kappa shape index (κ3) is 3.60. The average Bonchev–Trinajstić information content (AvgIpc) is 3.09. The zero-order valence-electron chi connectivity index (χ0n) is 17.1. The predicted molar refractivity (Wildman–Crippen MR) is 118 cm³/mol. The molecule has 0 bridgehead atoms. The molecule has 3 aromatic rings. The molecule has 1 heterocycles. The lowest BCUT2D eigenvalue weighted by atomic mass is 9.95. The number of carboxylic acids is 1. The Balaban J connectivity index is 1.90. The van der Waals surface area contributed by atoms with E-state index >= 15 is 0 Å². The Labute approximate surface area is 183 Å². The van der Waals surface area contributed by atoms with Crippen molar-refractivity contribution in [2.45, 2.75) is 6.04 Å². The summed E-state index contributed by atoms with van der Waals surface area (Å²) >= 11 is 0. The van der Waals surface area contributed by atoms with Crippen molar-refractivity contribution < 1.29 is 29.3 Å². The fourth-order valence-corrected chi connectivity index (χ4v) is 3.72. The van der Waals surface area contributed by atoms with E-state index in [4.69, 9.17) is 9.84 Å². The molecule has 32 heavy (non-hydrogen) atoms. The van der Waals surface area contributed by atoms with Gasteiger partial charge in [-0.25, -0.2) is 4.79 Å². The fourth-order valence-electron chi connectivity index (χ4n) is 3.72. The summed E-state index contributed by atoms with van der Waals surface area (Å²) < 4.78 is 5.20. The standard InChI is InChI=1S/C25H19NO6/c1-32-19-13-9-15(10-14-19)21-20(22(27)16-5-3-2-4-6-16)23(28)24(29)26(21)18-11-7-17(8-12-18)25(30)31/h2-14,21,27H,1H3,(H,30,31). The van der Waals surface area contributed by atoms with Crippen molar-refractivity contribution in [3.05, 3.63) is 101 Å². The smallest absolute Gasteiger partial charge is 0.335 e. The molecule has 0 aromatic heterocycles. The molecule has 0 radical (unpaired) electrons. The summed E-state index contributed by atoms with van der Waals surface area (Å²) in [6, 6.07) is 20.1. The number of anilines is 1. The number of Topliss-reactive ketones (excluding diaryl/α,β-unsaturated/α-hetero) is 1. The molecule has 1 atom stereocenters. The number of hydrogen-bond donors (Lipinski definition) is 2. The molecule has 160 valence electrons. The van der Waals surface area contributed by atoms with Crippen molar-refractivity contribution in [2.24, 2.45) is 0 Å². The van der Waals surface area contributed by atoms with Gasteiger partial charge in [0.1, 0.15) is 11.5 Å². The zero-order chi connectivity index (χ0) is 22.8. The number of nitrogens with zero attached hydrogens (tertiary/aromatic N) is 1. The molecular formula is C25H19NO6. The molecule has 3 aromatic carbocycles. The molecule has 7 nitrogen and oxygen atoms in total. The Morgan fingerprint density at radius 3 is 2.03 bits per heavy atom. The molecular weight excluding hydrogens is 410 g/mol. The van der Waals surface area contributed by atoms with E-state index in [0.717, 1.165) is 0 Å². The van der Waals surface area contributed by atoms with Crippen molar-refractivity contribution in [3.8, 4) is 5.75 Å². The topological polar surface area (TPSA) is 104 Å². The normalized spacial score (nSPS) is 17.4. The van der Waals surface area contributed by atoms with Crippen LogP contribution in [0.2, 0.25) is 0 Å². The number of carboxylic acid groups (broad SMARTS) is 1. The van der Waals surface area contributed by atoms with Crippen LogP contribution in [0.4, 0.5) is 5.69 Å². The molecule has 0 aliphatic carbocycles. The average molecular weight is 429 g/mol. The van der Waals surface area contributed by atoms with Crippen LogP contribution in [0.15, 0.2) is 84.4 Å². The molecule has 0 spiro atoms. The van der Waals surface area contributed by atoms with Crippen LogP contribution in [-0.2, 0) is 9.59 Å².